The van der Waals surface area contributed by atoms with Gasteiger partial charge in [0.15, 0.2) is 0 Å². The Morgan fingerprint density at radius 2 is 1.97 bits per heavy atom. The second kappa shape index (κ2) is 6.47. The van der Waals surface area contributed by atoms with Crippen LogP contribution in [0.25, 0.3) is 0 Å². The number of fused-ring (bicyclic) bond motifs is 5. The zero-order valence-electron chi connectivity index (χ0n) is 19.2. The van der Waals surface area contributed by atoms with Crippen LogP contribution in [0.2, 0.25) is 0 Å². The van der Waals surface area contributed by atoms with Gasteiger partial charge >= 0.3 is 5.97 Å². The van der Waals surface area contributed by atoms with Gasteiger partial charge in [-0.3, -0.25) is 9.59 Å². The van der Waals surface area contributed by atoms with Crippen molar-refractivity contribution in [2.75, 3.05) is 19.6 Å². The summed E-state index contributed by atoms with van der Waals surface area (Å²) >= 11 is 0. The van der Waals surface area contributed by atoms with Crippen molar-refractivity contribution in [2.45, 2.75) is 75.7 Å². The van der Waals surface area contributed by atoms with Crippen LogP contribution < -0.4 is 5.56 Å². The second-order valence-corrected chi connectivity index (χ2v) is 11.9. The zero-order chi connectivity index (χ0) is 21.8. The minimum Gasteiger partial charge on any atom is -0.455 e. The van der Waals surface area contributed by atoms with Gasteiger partial charge in [0.1, 0.15) is 11.7 Å². The number of piperidine rings is 1. The number of esters is 1. The highest BCUT2D eigenvalue weighted by Crippen LogP contribution is 2.66. The van der Waals surface area contributed by atoms with Gasteiger partial charge in [0.25, 0.3) is 5.56 Å². The molecule has 2 saturated carbocycles. The molecule has 9 atom stereocenters. The van der Waals surface area contributed by atoms with Crippen LogP contribution in [0, 0.1) is 29.6 Å². The number of epoxide rings is 1. The third-order valence-electron chi connectivity index (χ3n) is 10.1. The summed E-state index contributed by atoms with van der Waals surface area (Å²) in [5.74, 6) is 2.14. The van der Waals surface area contributed by atoms with Crippen molar-refractivity contribution >= 4 is 5.97 Å². The third-order valence-corrected chi connectivity index (χ3v) is 10.1. The predicted octanol–water partition coefficient (Wildman–Crippen LogP) is 2.79. The molecule has 0 unspecified atom stereocenters. The average Bonchev–Trinajstić information content (AvgIpc) is 3.39. The minimum atomic E-state index is -0.391. The van der Waals surface area contributed by atoms with Crippen molar-refractivity contribution in [1.29, 1.82) is 0 Å². The van der Waals surface area contributed by atoms with Crippen LogP contribution >= 0.6 is 0 Å². The predicted molar refractivity (Wildman–Crippen MR) is 118 cm³/mol. The number of carbonyl (C=O) groups is 1. The summed E-state index contributed by atoms with van der Waals surface area (Å²) in [5.41, 5.74) is 0.821. The summed E-state index contributed by atoms with van der Waals surface area (Å²) in [6.07, 6.45) is 5.71. The van der Waals surface area contributed by atoms with Gasteiger partial charge in [-0.15, -0.1) is 0 Å². The van der Waals surface area contributed by atoms with Crippen molar-refractivity contribution in [1.82, 2.24) is 9.47 Å². The molecule has 32 heavy (non-hydrogen) atoms. The lowest BCUT2D eigenvalue weighted by molar-refractivity contribution is -0.168. The number of nitrogens with zero attached hydrogens (tertiary/aromatic N) is 2. The normalized spacial score (nSPS) is 48.8. The molecule has 6 nitrogen and oxygen atoms in total. The molecule has 172 valence electrons. The molecule has 5 fully saturated rings. The van der Waals surface area contributed by atoms with Gasteiger partial charge in [0.2, 0.25) is 0 Å². The molecule has 5 heterocycles. The van der Waals surface area contributed by atoms with Gasteiger partial charge in [-0.1, -0.05) is 13.0 Å². The first-order valence-corrected chi connectivity index (χ1v) is 12.7. The second-order valence-electron chi connectivity index (χ2n) is 11.9. The Kier molecular flexibility index (Phi) is 4.00. The summed E-state index contributed by atoms with van der Waals surface area (Å²) in [6, 6.07) is 5.68. The van der Waals surface area contributed by atoms with Crippen LogP contribution in [0.5, 0.6) is 0 Å². The van der Waals surface area contributed by atoms with Gasteiger partial charge in [-0.05, 0) is 56.9 Å². The molecule has 0 N–H and O–H groups in total. The van der Waals surface area contributed by atoms with E-state index < -0.39 is 5.60 Å². The summed E-state index contributed by atoms with van der Waals surface area (Å²) in [6.45, 7) is 8.06. The molecule has 2 bridgehead atoms. The van der Waals surface area contributed by atoms with Crippen LogP contribution in [0.1, 0.15) is 57.6 Å². The molecule has 0 aromatic carbocycles. The minimum absolute atomic E-state index is 0.0150. The SMILES string of the molecule is C[C@H]1CC[C@@H]2[C@@H](CN3C[C@H]4C[C@@H](C3)c3cccc(=O)n3C4)C(=O)O[C@]23[C@H]1CC[C@@]1(C)O[C@@H]31. The molecule has 2 aliphatic carbocycles. The van der Waals surface area contributed by atoms with E-state index in [1.807, 2.05) is 10.6 Å². The summed E-state index contributed by atoms with van der Waals surface area (Å²) in [4.78, 5) is 28.2. The lowest BCUT2D eigenvalue weighted by Crippen LogP contribution is -2.58. The first kappa shape index (κ1) is 19.8. The van der Waals surface area contributed by atoms with E-state index in [9.17, 15) is 9.59 Å². The monoisotopic (exact) mass is 438 g/mol. The molecule has 0 radical (unpaired) electrons. The fourth-order valence-corrected chi connectivity index (χ4v) is 8.68. The van der Waals surface area contributed by atoms with Crippen LogP contribution in [0.4, 0.5) is 0 Å². The Morgan fingerprint density at radius 3 is 2.84 bits per heavy atom. The number of pyridine rings is 1. The van der Waals surface area contributed by atoms with E-state index in [0.29, 0.717) is 23.7 Å². The average molecular weight is 439 g/mol. The van der Waals surface area contributed by atoms with Crippen LogP contribution in [-0.2, 0) is 20.8 Å². The number of aromatic nitrogens is 1. The lowest BCUT2D eigenvalue weighted by atomic mass is 9.55. The molecular weight excluding hydrogens is 404 g/mol. The van der Waals surface area contributed by atoms with Gasteiger partial charge < -0.3 is 18.9 Å². The lowest BCUT2D eigenvalue weighted by Gasteiger charge is -2.50. The van der Waals surface area contributed by atoms with Crippen LogP contribution in [0.3, 0.4) is 0 Å². The van der Waals surface area contributed by atoms with Crippen LogP contribution in [0.15, 0.2) is 23.0 Å². The Bertz CT molecular complexity index is 1040. The van der Waals surface area contributed by atoms with Gasteiger partial charge in [-0.25, -0.2) is 0 Å². The Morgan fingerprint density at radius 1 is 1.09 bits per heavy atom. The van der Waals surface area contributed by atoms with E-state index in [1.165, 1.54) is 12.1 Å². The first-order chi connectivity index (χ1) is 15.4. The third kappa shape index (κ3) is 2.54. The van der Waals surface area contributed by atoms with Crippen molar-refractivity contribution in [3.8, 4) is 0 Å². The maximum atomic E-state index is 13.4. The number of hydrogen-bond donors (Lipinski definition) is 0. The quantitative estimate of drug-likeness (QED) is 0.525. The molecular formula is C26H34N2O4. The number of ether oxygens (including phenoxy) is 2. The Balaban J connectivity index is 1.16. The molecule has 1 spiro atoms. The van der Waals surface area contributed by atoms with E-state index in [-0.39, 0.29) is 35.1 Å². The van der Waals surface area contributed by atoms with Gasteiger partial charge in [0, 0.05) is 55.7 Å². The summed E-state index contributed by atoms with van der Waals surface area (Å²) in [5, 5.41) is 0. The molecule has 3 saturated heterocycles. The highest BCUT2D eigenvalue weighted by Gasteiger charge is 2.77. The number of carbonyl (C=O) groups excluding carboxylic acids is 1. The maximum Gasteiger partial charge on any atom is 0.311 e. The molecule has 6 aliphatic rings. The van der Waals surface area contributed by atoms with Crippen molar-refractivity contribution in [3.05, 3.63) is 34.2 Å². The number of likely N-dealkylation sites (tertiary alicyclic amines) is 1. The molecule has 6 heteroatoms. The van der Waals surface area contributed by atoms with E-state index in [4.69, 9.17) is 9.47 Å². The number of hydrogen-bond acceptors (Lipinski definition) is 5. The van der Waals surface area contributed by atoms with Crippen molar-refractivity contribution in [2.24, 2.45) is 29.6 Å². The standard InChI is InChI=1S/C26H34N2O4/c1-15-6-7-20-18(23(30)31-26(20)19(15)8-9-25(2)24(26)32-25)14-27-11-16-10-17(13-27)21-4-3-5-22(29)28(21)12-16/h3-5,15-20,24H,6-14H2,1-2H3/t15-,16+,17-,18+,19-,20+,24+,25+,26+/m0/s1. The van der Waals surface area contributed by atoms with E-state index >= 15 is 0 Å². The van der Waals surface area contributed by atoms with Gasteiger partial charge in [0.05, 0.1) is 11.5 Å². The molecule has 0 amide bonds. The topological polar surface area (TPSA) is 64.1 Å². The molecule has 1 aromatic heterocycles. The van der Waals surface area contributed by atoms with E-state index in [2.05, 4.69) is 24.8 Å². The fourth-order valence-electron chi connectivity index (χ4n) is 8.68. The maximum absolute atomic E-state index is 13.4. The highest BCUT2D eigenvalue weighted by molar-refractivity contribution is 5.77. The highest BCUT2D eigenvalue weighted by atomic mass is 16.7. The summed E-state index contributed by atoms with van der Waals surface area (Å²) in [7, 11) is 0. The smallest absolute Gasteiger partial charge is 0.311 e. The number of rotatable bonds is 2. The summed E-state index contributed by atoms with van der Waals surface area (Å²) < 4.78 is 14.7. The van der Waals surface area contributed by atoms with Crippen molar-refractivity contribution < 1.29 is 14.3 Å². The van der Waals surface area contributed by atoms with Crippen molar-refractivity contribution in [3.63, 3.8) is 0 Å². The van der Waals surface area contributed by atoms with Crippen LogP contribution in [-0.4, -0.2) is 52.4 Å². The van der Waals surface area contributed by atoms with E-state index in [0.717, 1.165) is 51.9 Å². The first-order valence-electron chi connectivity index (χ1n) is 12.7. The zero-order valence-corrected chi connectivity index (χ0v) is 19.2. The Labute approximate surface area is 189 Å². The fraction of sp³-hybridized carbons (Fsp3) is 0.769. The van der Waals surface area contributed by atoms with Gasteiger partial charge in [-0.2, -0.15) is 0 Å². The largest absolute Gasteiger partial charge is 0.455 e. The molecule has 1 aromatic rings. The molecule has 7 rings (SSSR count). The Hall–Kier alpha value is -1.66. The molecule has 4 aliphatic heterocycles. The van der Waals surface area contributed by atoms with E-state index in [1.54, 1.807) is 6.07 Å².